The molecule has 0 fully saturated rings. The zero-order valence-corrected chi connectivity index (χ0v) is 13.6. The van der Waals surface area contributed by atoms with Gasteiger partial charge in [-0.05, 0) is 25.3 Å². The molecule has 0 aromatic carbocycles. The zero-order chi connectivity index (χ0) is 15.8. The number of hydrogen-bond donors (Lipinski definition) is 2. The van der Waals surface area contributed by atoms with Gasteiger partial charge < -0.3 is 10.6 Å². The van der Waals surface area contributed by atoms with E-state index >= 15 is 0 Å². The van der Waals surface area contributed by atoms with Crippen molar-refractivity contribution in [2.24, 2.45) is 5.92 Å². The highest BCUT2D eigenvalue weighted by Gasteiger charge is 2.24. The molecule has 1 aromatic heterocycles. The average Bonchev–Trinajstić information content (AvgIpc) is 2.46. The first-order valence-corrected chi connectivity index (χ1v) is 7.77. The second kappa shape index (κ2) is 8.61. The van der Waals surface area contributed by atoms with Gasteiger partial charge in [-0.25, -0.2) is 9.97 Å². The first-order valence-electron chi connectivity index (χ1n) is 6.89. The van der Waals surface area contributed by atoms with Gasteiger partial charge in [-0.1, -0.05) is 25.6 Å². The average molecular weight is 310 g/mol. The molecule has 2 amide bonds. The van der Waals surface area contributed by atoms with Crippen molar-refractivity contribution >= 4 is 23.6 Å². The molecule has 1 rings (SSSR count). The number of aromatic nitrogens is 2. The van der Waals surface area contributed by atoms with Gasteiger partial charge in [0.15, 0.2) is 5.16 Å². The number of hydrogen-bond acceptors (Lipinski definition) is 5. The minimum Gasteiger partial charge on any atom is -0.357 e. The Morgan fingerprint density at radius 2 is 1.81 bits per heavy atom. The Hall–Kier alpha value is -1.63. The Bertz CT molecular complexity index is 467. The van der Waals surface area contributed by atoms with Crippen molar-refractivity contribution in [1.82, 2.24) is 20.6 Å². The molecule has 7 heteroatoms. The van der Waals surface area contributed by atoms with Crippen molar-refractivity contribution in [2.45, 2.75) is 43.6 Å². The van der Waals surface area contributed by atoms with E-state index < -0.39 is 6.04 Å². The Morgan fingerprint density at radius 1 is 1.19 bits per heavy atom. The van der Waals surface area contributed by atoms with E-state index in [2.05, 4.69) is 20.6 Å². The highest BCUT2D eigenvalue weighted by atomic mass is 32.2. The molecule has 116 valence electrons. The van der Waals surface area contributed by atoms with E-state index in [1.165, 1.54) is 11.8 Å². The number of carbonyl (C=O) groups is 2. The molecule has 0 aliphatic rings. The third-order valence-electron chi connectivity index (χ3n) is 2.78. The number of carbonyl (C=O) groups excluding carboxylic acids is 2. The number of thioether (sulfide) groups is 1. The predicted molar refractivity (Wildman–Crippen MR) is 82.8 cm³/mol. The van der Waals surface area contributed by atoms with Crippen molar-refractivity contribution < 1.29 is 9.59 Å². The van der Waals surface area contributed by atoms with Gasteiger partial charge in [0.05, 0.1) is 5.25 Å². The number of amides is 2. The fourth-order valence-electron chi connectivity index (χ4n) is 1.72. The van der Waals surface area contributed by atoms with Crippen LogP contribution in [0.3, 0.4) is 0 Å². The van der Waals surface area contributed by atoms with Gasteiger partial charge in [-0.15, -0.1) is 0 Å². The SMILES string of the molecule is CNC(=O)C(CC(C)C)NC(=O)C(C)Sc1ncccn1. The molecule has 0 saturated heterocycles. The normalized spacial score (nSPS) is 13.6. The Kier molecular flexibility index (Phi) is 7.14. The third-order valence-corrected chi connectivity index (χ3v) is 3.77. The highest BCUT2D eigenvalue weighted by molar-refractivity contribution is 8.00. The quantitative estimate of drug-likeness (QED) is 0.584. The fraction of sp³-hybridized carbons (Fsp3) is 0.571. The minimum atomic E-state index is -0.512. The van der Waals surface area contributed by atoms with Crippen molar-refractivity contribution in [1.29, 1.82) is 0 Å². The predicted octanol–water partition coefficient (Wildman–Crippen LogP) is 1.23. The van der Waals surface area contributed by atoms with Crippen LogP contribution in [-0.2, 0) is 9.59 Å². The lowest BCUT2D eigenvalue weighted by Gasteiger charge is -2.20. The molecule has 21 heavy (non-hydrogen) atoms. The summed E-state index contributed by atoms with van der Waals surface area (Å²) in [6.45, 7) is 5.79. The van der Waals surface area contributed by atoms with E-state index in [0.29, 0.717) is 17.5 Å². The summed E-state index contributed by atoms with van der Waals surface area (Å²) in [5.74, 6) is -0.0556. The monoisotopic (exact) mass is 310 g/mol. The molecule has 0 saturated carbocycles. The van der Waals surface area contributed by atoms with E-state index in [1.54, 1.807) is 32.4 Å². The van der Waals surface area contributed by atoms with Crippen LogP contribution in [0, 0.1) is 5.92 Å². The van der Waals surface area contributed by atoms with Crippen molar-refractivity contribution in [3.05, 3.63) is 18.5 Å². The Balaban J connectivity index is 2.61. The summed E-state index contributed by atoms with van der Waals surface area (Å²) < 4.78 is 0. The third kappa shape index (κ3) is 6.12. The minimum absolute atomic E-state index is 0.176. The smallest absolute Gasteiger partial charge is 0.242 e. The van der Waals surface area contributed by atoms with Crippen LogP contribution in [0.15, 0.2) is 23.6 Å². The molecule has 2 atom stereocenters. The number of rotatable bonds is 7. The topological polar surface area (TPSA) is 84.0 Å². The summed E-state index contributed by atoms with van der Waals surface area (Å²) in [6.07, 6.45) is 3.86. The van der Waals surface area contributed by atoms with E-state index in [-0.39, 0.29) is 17.1 Å². The van der Waals surface area contributed by atoms with Crippen LogP contribution in [0.25, 0.3) is 0 Å². The van der Waals surface area contributed by atoms with Gasteiger partial charge in [0.1, 0.15) is 6.04 Å². The first kappa shape index (κ1) is 17.4. The van der Waals surface area contributed by atoms with Crippen LogP contribution in [0.2, 0.25) is 0 Å². The van der Waals surface area contributed by atoms with E-state index in [4.69, 9.17) is 0 Å². The second-order valence-electron chi connectivity index (χ2n) is 5.10. The maximum absolute atomic E-state index is 12.2. The van der Waals surface area contributed by atoms with E-state index in [1.807, 2.05) is 13.8 Å². The van der Waals surface area contributed by atoms with Gasteiger partial charge in [0, 0.05) is 19.4 Å². The summed E-state index contributed by atoms with van der Waals surface area (Å²) >= 11 is 1.27. The molecule has 0 aliphatic carbocycles. The largest absolute Gasteiger partial charge is 0.357 e. The Labute approximate surface area is 129 Å². The molecule has 2 N–H and O–H groups in total. The standard InChI is InChI=1S/C14H22N4O2S/c1-9(2)8-11(13(20)15-4)18-12(19)10(3)21-14-16-6-5-7-17-14/h5-7,9-11H,8H2,1-4H3,(H,15,20)(H,18,19). The fourth-order valence-corrected chi connectivity index (χ4v) is 2.46. The van der Waals surface area contributed by atoms with Gasteiger partial charge in [-0.2, -0.15) is 0 Å². The molecule has 0 bridgehead atoms. The molecule has 0 radical (unpaired) electrons. The maximum atomic E-state index is 12.2. The van der Waals surface area contributed by atoms with Crippen molar-refractivity contribution in [3.63, 3.8) is 0 Å². The van der Waals surface area contributed by atoms with E-state index in [0.717, 1.165) is 0 Å². The molecule has 6 nitrogen and oxygen atoms in total. The molecule has 0 spiro atoms. The molecular formula is C14H22N4O2S. The summed E-state index contributed by atoms with van der Waals surface area (Å²) in [5.41, 5.74) is 0. The van der Waals surface area contributed by atoms with Crippen LogP contribution in [0.4, 0.5) is 0 Å². The van der Waals surface area contributed by atoms with Crippen molar-refractivity contribution in [2.75, 3.05) is 7.05 Å². The molecule has 1 aromatic rings. The van der Waals surface area contributed by atoms with Gasteiger partial charge >= 0.3 is 0 Å². The first-order chi connectivity index (χ1) is 9.93. The number of nitrogens with zero attached hydrogens (tertiary/aromatic N) is 2. The van der Waals surface area contributed by atoms with E-state index in [9.17, 15) is 9.59 Å². The number of nitrogens with one attached hydrogen (secondary N) is 2. The number of likely N-dealkylation sites (N-methyl/N-ethyl adjacent to an activating group) is 1. The lowest BCUT2D eigenvalue weighted by atomic mass is 10.0. The van der Waals surface area contributed by atoms with Gasteiger partial charge in [-0.3, -0.25) is 9.59 Å². The molecule has 2 unspecified atom stereocenters. The maximum Gasteiger partial charge on any atom is 0.242 e. The van der Waals surface area contributed by atoms with Crippen LogP contribution < -0.4 is 10.6 Å². The molecular weight excluding hydrogens is 288 g/mol. The van der Waals surface area contributed by atoms with Gasteiger partial charge in [0.25, 0.3) is 0 Å². The summed E-state index contributed by atoms with van der Waals surface area (Å²) in [6, 6.07) is 1.21. The summed E-state index contributed by atoms with van der Waals surface area (Å²) in [5, 5.41) is 5.54. The highest BCUT2D eigenvalue weighted by Crippen LogP contribution is 2.18. The van der Waals surface area contributed by atoms with Crippen LogP contribution in [-0.4, -0.2) is 40.1 Å². The molecule has 1 heterocycles. The Morgan fingerprint density at radius 3 is 2.33 bits per heavy atom. The lowest BCUT2D eigenvalue weighted by Crippen LogP contribution is -2.48. The second-order valence-corrected chi connectivity index (χ2v) is 6.40. The summed E-state index contributed by atoms with van der Waals surface area (Å²) in [4.78, 5) is 32.1. The molecule has 0 aliphatic heterocycles. The van der Waals surface area contributed by atoms with Crippen molar-refractivity contribution in [3.8, 4) is 0 Å². The zero-order valence-electron chi connectivity index (χ0n) is 12.8. The van der Waals surface area contributed by atoms with Crippen LogP contribution in [0.1, 0.15) is 27.2 Å². The lowest BCUT2D eigenvalue weighted by molar-refractivity contribution is -0.128. The van der Waals surface area contributed by atoms with Crippen LogP contribution in [0.5, 0.6) is 0 Å². The van der Waals surface area contributed by atoms with Gasteiger partial charge in [0.2, 0.25) is 11.8 Å². The summed E-state index contributed by atoms with van der Waals surface area (Å²) in [7, 11) is 1.57. The van der Waals surface area contributed by atoms with Crippen LogP contribution >= 0.6 is 11.8 Å².